The van der Waals surface area contributed by atoms with Crippen molar-refractivity contribution in [3.8, 4) is 0 Å². The first-order chi connectivity index (χ1) is 10.2. The highest BCUT2D eigenvalue weighted by molar-refractivity contribution is 8.14. The van der Waals surface area contributed by atoms with E-state index in [-0.39, 0.29) is 0 Å². The van der Waals surface area contributed by atoms with Crippen molar-refractivity contribution in [1.29, 1.82) is 0 Å². The van der Waals surface area contributed by atoms with Crippen molar-refractivity contribution in [3.63, 3.8) is 0 Å². The molecule has 3 nitrogen and oxygen atoms in total. The fraction of sp³-hybridized carbons (Fsp3) is 0.0667. The third-order valence-electron chi connectivity index (χ3n) is 2.87. The van der Waals surface area contributed by atoms with Gasteiger partial charge in [0.05, 0.1) is 21.4 Å². The molecule has 0 radical (unpaired) electrons. The normalized spacial score (nSPS) is 16.5. The highest BCUT2D eigenvalue weighted by Gasteiger charge is 2.14. The number of thioether (sulfide) groups is 1. The number of aliphatic imine (C=N–C) groups is 1. The molecule has 106 valence electrons. The third kappa shape index (κ3) is 3.59. The number of hydrogen-bond donors (Lipinski definition) is 1. The number of para-hydroxylation sites is 1. The molecule has 3 rings (SSSR count). The van der Waals surface area contributed by atoms with Crippen molar-refractivity contribution < 1.29 is 0 Å². The summed E-state index contributed by atoms with van der Waals surface area (Å²) in [6.45, 7) is 0. The van der Waals surface area contributed by atoms with Gasteiger partial charge in [-0.1, -0.05) is 59.2 Å². The maximum atomic E-state index is 6.03. The Hall–Kier alpha value is -1.49. The molecule has 0 unspecified atom stereocenters. The third-order valence-corrected chi connectivity index (χ3v) is 4.48. The molecule has 21 heavy (non-hydrogen) atoms. The molecular weight excluding hydrogens is 325 g/mol. The molecule has 2 aromatic rings. The van der Waals surface area contributed by atoms with E-state index in [9.17, 15) is 0 Å². The summed E-state index contributed by atoms with van der Waals surface area (Å²) in [6, 6.07) is 15.3. The number of hydrazone groups is 1. The fourth-order valence-corrected chi connectivity index (χ4v) is 2.90. The predicted molar refractivity (Wildman–Crippen MR) is 92.1 cm³/mol. The van der Waals surface area contributed by atoms with Crippen LogP contribution in [0.5, 0.6) is 0 Å². The Bertz CT molecular complexity index is 714. The summed E-state index contributed by atoms with van der Waals surface area (Å²) in [4.78, 5) is 4.49. The standard InChI is InChI=1S/C15H11Cl2N3S/c16-12-7-6-10(8-13(12)17)14-9-21-15(20-19-14)18-11-4-2-1-3-5-11/h1-8H,9H2,(H,18,20). The van der Waals surface area contributed by atoms with E-state index in [0.717, 1.165) is 27.9 Å². The van der Waals surface area contributed by atoms with E-state index in [0.29, 0.717) is 10.0 Å². The fourth-order valence-electron chi connectivity index (χ4n) is 1.82. The zero-order chi connectivity index (χ0) is 14.7. The SMILES string of the molecule is Clc1ccc(C2=NNC(=Nc3ccccc3)SC2)cc1Cl. The maximum Gasteiger partial charge on any atom is 0.182 e. The lowest BCUT2D eigenvalue weighted by Gasteiger charge is -2.15. The molecule has 0 saturated carbocycles. The summed E-state index contributed by atoms with van der Waals surface area (Å²) in [5.74, 6) is 0.733. The van der Waals surface area contributed by atoms with Crippen LogP contribution in [0.25, 0.3) is 0 Å². The van der Waals surface area contributed by atoms with Crippen molar-refractivity contribution in [2.75, 3.05) is 5.75 Å². The van der Waals surface area contributed by atoms with Crippen LogP contribution in [0.15, 0.2) is 58.6 Å². The summed E-state index contributed by atoms with van der Waals surface area (Å²) in [5, 5.41) is 6.22. The van der Waals surface area contributed by atoms with Crippen molar-refractivity contribution in [3.05, 3.63) is 64.1 Å². The van der Waals surface area contributed by atoms with Crippen LogP contribution >= 0.6 is 35.0 Å². The van der Waals surface area contributed by atoms with Crippen LogP contribution < -0.4 is 5.43 Å². The molecule has 1 aliphatic rings. The Morgan fingerprint density at radius 2 is 1.86 bits per heavy atom. The van der Waals surface area contributed by atoms with Gasteiger partial charge in [-0.2, -0.15) is 5.10 Å². The van der Waals surface area contributed by atoms with Gasteiger partial charge in [0.25, 0.3) is 0 Å². The zero-order valence-corrected chi connectivity index (χ0v) is 13.2. The van der Waals surface area contributed by atoms with E-state index in [1.165, 1.54) is 0 Å². The van der Waals surface area contributed by atoms with Crippen molar-refractivity contribution in [1.82, 2.24) is 5.43 Å². The van der Waals surface area contributed by atoms with Crippen LogP contribution in [-0.2, 0) is 0 Å². The average molecular weight is 336 g/mol. The van der Waals surface area contributed by atoms with Crippen LogP contribution in [0, 0.1) is 0 Å². The Morgan fingerprint density at radius 3 is 2.52 bits per heavy atom. The molecule has 0 atom stereocenters. The number of benzene rings is 2. The molecular formula is C15H11Cl2N3S. The van der Waals surface area contributed by atoms with Crippen LogP contribution in [0.1, 0.15) is 5.56 Å². The minimum absolute atomic E-state index is 0.533. The molecule has 0 aromatic heterocycles. The van der Waals surface area contributed by atoms with Gasteiger partial charge in [0, 0.05) is 11.3 Å². The van der Waals surface area contributed by atoms with Gasteiger partial charge < -0.3 is 0 Å². The molecule has 0 spiro atoms. The van der Waals surface area contributed by atoms with E-state index in [2.05, 4.69) is 15.5 Å². The molecule has 0 bridgehead atoms. The second-order valence-corrected chi connectivity index (χ2v) is 6.12. The van der Waals surface area contributed by atoms with Gasteiger partial charge in [0.15, 0.2) is 5.17 Å². The Kier molecular flexibility index (Phi) is 4.48. The lowest BCUT2D eigenvalue weighted by atomic mass is 10.1. The first kappa shape index (κ1) is 14.4. The van der Waals surface area contributed by atoms with Gasteiger partial charge in [0.2, 0.25) is 0 Å². The zero-order valence-electron chi connectivity index (χ0n) is 10.9. The van der Waals surface area contributed by atoms with E-state index in [4.69, 9.17) is 23.2 Å². The number of amidine groups is 1. The quantitative estimate of drug-likeness (QED) is 0.861. The number of nitrogens with one attached hydrogen (secondary N) is 1. The van der Waals surface area contributed by atoms with Crippen LogP contribution in [-0.4, -0.2) is 16.6 Å². The Morgan fingerprint density at radius 1 is 1.05 bits per heavy atom. The number of halogens is 2. The Labute approximate surface area is 137 Å². The van der Waals surface area contributed by atoms with Gasteiger partial charge in [0.1, 0.15) is 0 Å². The predicted octanol–water partition coefficient (Wildman–Crippen LogP) is 4.72. The second kappa shape index (κ2) is 6.52. The van der Waals surface area contributed by atoms with Gasteiger partial charge in [-0.15, -0.1) is 0 Å². The van der Waals surface area contributed by atoms with Crippen molar-refractivity contribution >= 4 is 51.5 Å². The van der Waals surface area contributed by atoms with Gasteiger partial charge >= 0.3 is 0 Å². The van der Waals surface area contributed by atoms with Crippen LogP contribution in [0.2, 0.25) is 10.0 Å². The van der Waals surface area contributed by atoms with Crippen LogP contribution in [0.4, 0.5) is 5.69 Å². The molecule has 1 heterocycles. The minimum Gasteiger partial charge on any atom is -0.255 e. The largest absolute Gasteiger partial charge is 0.255 e. The second-order valence-electron chi connectivity index (χ2n) is 4.34. The molecule has 0 saturated heterocycles. The number of nitrogens with zero attached hydrogens (tertiary/aromatic N) is 2. The first-order valence-electron chi connectivity index (χ1n) is 6.27. The molecule has 0 amide bonds. The van der Waals surface area contributed by atoms with Crippen molar-refractivity contribution in [2.24, 2.45) is 10.1 Å². The molecule has 2 aromatic carbocycles. The summed E-state index contributed by atoms with van der Waals surface area (Å²) in [7, 11) is 0. The number of rotatable bonds is 2. The highest BCUT2D eigenvalue weighted by Crippen LogP contribution is 2.24. The lowest BCUT2D eigenvalue weighted by molar-refractivity contribution is 1.03. The van der Waals surface area contributed by atoms with Crippen molar-refractivity contribution in [2.45, 2.75) is 0 Å². The Balaban J connectivity index is 1.77. The lowest BCUT2D eigenvalue weighted by Crippen LogP contribution is -2.25. The number of hydrogen-bond acceptors (Lipinski definition) is 3. The monoisotopic (exact) mass is 335 g/mol. The minimum atomic E-state index is 0.533. The average Bonchev–Trinajstić information content (AvgIpc) is 2.52. The molecule has 0 aliphatic carbocycles. The maximum absolute atomic E-state index is 6.03. The van der Waals surface area contributed by atoms with Gasteiger partial charge in [-0.25, -0.2) is 4.99 Å². The molecule has 0 fully saturated rings. The first-order valence-corrected chi connectivity index (χ1v) is 8.01. The van der Waals surface area contributed by atoms with E-state index >= 15 is 0 Å². The van der Waals surface area contributed by atoms with E-state index in [1.807, 2.05) is 42.5 Å². The smallest absolute Gasteiger partial charge is 0.182 e. The summed E-state index contributed by atoms with van der Waals surface area (Å²) in [6.07, 6.45) is 0. The topological polar surface area (TPSA) is 36.8 Å². The van der Waals surface area contributed by atoms with E-state index < -0.39 is 0 Å². The summed E-state index contributed by atoms with van der Waals surface area (Å²) >= 11 is 13.6. The summed E-state index contributed by atoms with van der Waals surface area (Å²) < 4.78 is 0. The highest BCUT2D eigenvalue weighted by atomic mass is 35.5. The molecule has 1 aliphatic heterocycles. The van der Waals surface area contributed by atoms with E-state index in [1.54, 1.807) is 17.8 Å². The molecule has 1 N–H and O–H groups in total. The molecule has 6 heteroatoms. The van der Waals surface area contributed by atoms with Gasteiger partial charge in [-0.05, 0) is 24.3 Å². The van der Waals surface area contributed by atoms with Crippen LogP contribution in [0.3, 0.4) is 0 Å². The van der Waals surface area contributed by atoms with Gasteiger partial charge in [-0.3, -0.25) is 5.43 Å². The summed E-state index contributed by atoms with van der Waals surface area (Å²) in [5.41, 5.74) is 5.76.